The number of rotatable bonds is 2. The van der Waals surface area contributed by atoms with E-state index in [0.717, 1.165) is 28.6 Å². The quantitative estimate of drug-likeness (QED) is 0.925. The second-order valence-corrected chi connectivity index (χ2v) is 5.98. The third-order valence-corrected chi connectivity index (χ3v) is 4.43. The number of carbonyl (C=O) groups is 1. The molecule has 2 aromatic rings. The Labute approximate surface area is 136 Å². The molecular formula is C17H22N4O2. The van der Waals surface area contributed by atoms with Gasteiger partial charge in [0.1, 0.15) is 5.82 Å². The minimum Gasteiger partial charge on any atom is -0.465 e. The molecule has 0 aromatic carbocycles. The molecule has 0 saturated carbocycles. The zero-order chi connectivity index (χ0) is 16.6. The van der Waals surface area contributed by atoms with Gasteiger partial charge in [-0.1, -0.05) is 0 Å². The lowest BCUT2D eigenvalue weighted by atomic mass is 10.2. The molecule has 0 bridgehead atoms. The molecule has 23 heavy (non-hydrogen) atoms. The van der Waals surface area contributed by atoms with Crippen LogP contribution >= 0.6 is 0 Å². The van der Waals surface area contributed by atoms with Crippen molar-refractivity contribution in [3.63, 3.8) is 0 Å². The van der Waals surface area contributed by atoms with Crippen molar-refractivity contribution in [3.05, 3.63) is 41.3 Å². The van der Waals surface area contributed by atoms with E-state index in [-0.39, 0.29) is 0 Å². The normalized spacial score (nSPS) is 15.1. The summed E-state index contributed by atoms with van der Waals surface area (Å²) in [5, 5.41) is 9.04. The number of piperazine rings is 1. The third-order valence-electron chi connectivity index (χ3n) is 4.43. The molecule has 0 atom stereocenters. The Morgan fingerprint density at radius 3 is 2.13 bits per heavy atom. The zero-order valence-electron chi connectivity index (χ0n) is 13.8. The van der Waals surface area contributed by atoms with Gasteiger partial charge in [-0.15, -0.1) is 0 Å². The van der Waals surface area contributed by atoms with Crippen molar-refractivity contribution in [3.8, 4) is 5.82 Å². The van der Waals surface area contributed by atoms with Gasteiger partial charge in [0.05, 0.1) is 11.4 Å². The van der Waals surface area contributed by atoms with Crippen LogP contribution in [0.3, 0.4) is 0 Å². The summed E-state index contributed by atoms with van der Waals surface area (Å²) in [6.45, 7) is 8.63. The van der Waals surface area contributed by atoms with E-state index < -0.39 is 6.09 Å². The molecule has 2 aromatic heterocycles. The van der Waals surface area contributed by atoms with E-state index in [1.165, 1.54) is 4.90 Å². The molecule has 0 unspecified atom stereocenters. The van der Waals surface area contributed by atoms with E-state index >= 15 is 0 Å². The minimum atomic E-state index is -0.839. The van der Waals surface area contributed by atoms with Crippen LogP contribution in [0, 0.1) is 20.8 Å². The summed E-state index contributed by atoms with van der Waals surface area (Å²) < 4.78 is 2.14. The highest BCUT2D eigenvalue weighted by Gasteiger charge is 2.22. The van der Waals surface area contributed by atoms with Crippen LogP contribution in [0.4, 0.5) is 10.5 Å². The second kappa shape index (κ2) is 5.95. The van der Waals surface area contributed by atoms with Gasteiger partial charge in [-0.3, -0.25) is 0 Å². The lowest BCUT2D eigenvalue weighted by Crippen LogP contribution is -2.48. The van der Waals surface area contributed by atoms with Gasteiger partial charge in [-0.2, -0.15) is 0 Å². The van der Waals surface area contributed by atoms with Crippen LogP contribution in [0.2, 0.25) is 0 Å². The van der Waals surface area contributed by atoms with Crippen molar-refractivity contribution in [2.75, 3.05) is 31.1 Å². The van der Waals surface area contributed by atoms with E-state index in [4.69, 9.17) is 10.1 Å². The summed E-state index contributed by atoms with van der Waals surface area (Å²) in [5.74, 6) is 0.926. The Balaban J connectivity index is 1.82. The average molecular weight is 314 g/mol. The molecule has 1 saturated heterocycles. The highest BCUT2D eigenvalue weighted by Crippen LogP contribution is 2.23. The smallest absolute Gasteiger partial charge is 0.407 e. The molecule has 6 nitrogen and oxygen atoms in total. The molecule has 0 aliphatic carbocycles. The van der Waals surface area contributed by atoms with Crippen LogP contribution in [0.1, 0.15) is 17.1 Å². The summed E-state index contributed by atoms with van der Waals surface area (Å²) in [6.07, 6.45) is -0.839. The van der Waals surface area contributed by atoms with Crippen molar-refractivity contribution in [1.82, 2.24) is 14.5 Å². The highest BCUT2D eigenvalue weighted by atomic mass is 16.4. The van der Waals surface area contributed by atoms with E-state index in [1.54, 1.807) is 0 Å². The largest absolute Gasteiger partial charge is 0.465 e. The predicted molar refractivity (Wildman–Crippen MR) is 89.6 cm³/mol. The topological polar surface area (TPSA) is 61.6 Å². The van der Waals surface area contributed by atoms with Crippen LogP contribution < -0.4 is 4.90 Å². The van der Waals surface area contributed by atoms with Crippen molar-refractivity contribution < 1.29 is 9.90 Å². The monoisotopic (exact) mass is 314 g/mol. The van der Waals surface area contributed by atoms with Crippen LogP contribution in [0.5, 0.6) is 0 Å². The van der Waals surface area contributed by atoms with Gasteiger partial charge in [0.2, 0.25) is 0 Å². The summed E-state index contributed by atoms with van der Waals surface area (Å²) in [6, 6.07) is 8.30. The number of aromatic nitrogens is 2. The number of hydrogen-bond donors (Lipinski definition) is 1. The Morgan fingerprint density at radius 1 is 1.00 bits per heavy atom. The number of anilines is 1. The summed E-state index contributed by atoms with van der Waals surface area (Å²) in [5.41, 5.74) is 4.38. The number of aryl methyl sites for hydroxylation is 3. The molecule has 1 N–H and O–H groups in total. The molecule has 3 rings (SSSR count). The molecular weight excluding hydrogens is 292 g/mol. The highest BCUT2D eigenvalue weighted by molar-refractivity contribution is 5.65. The van der Waals surface area contributed by atoms with Gasteiger partial charge >= 0.3 is 6.09 Å². The third kappa shape index (κ3) is 2.88. The first-order chi connectivity index (χ1) is 11.0. The first-order valence-corrected chi connectivity index (χ1v) is 7.83. The zero-order valence-corrected chi connectivity index (χ0v) is 13.8. The molecule has 0 radical (unpaired) electrons. The van der Waals surface area contributed by atoms with Gasteiger partial charge in [-0.05, 0) is 45.0 Å². The molecule has 1 aliphatic heterocycles. The maximum absolute atomic E-state index is 11.0. The number of hydrogen-bond acceptors (Lipinski definition) is 3. The SMILES string of the molecule is Cc1nc(-n2c(C)ccc2C)ccc1N1CCN(C(=O)O)CC1. The number of nitrogens with zero attached hydrogens (tertiary/aromatic N) is 4. The molecule has 1 aliphatic rings. The number of pyridine rings is 1. The van der Waals surface area contributed by atoms with Gasteiger partial charge in [-0.25, -0.2) is 9.78 Å². The Bertz CT molecular complexity index is 711. The van der Waals surface area contributed by atoms with Crippen molar-refractivity contribution >= 4 is 11.8 Å². The standard InChI is InChI=1S/C17H22N4O2/c1-12-4-5-13(2)21(12)16-7-6-15(14(3)18-16)19-8-10-20(11-9-19)17(22)23/h4-7H,8-11H2,1-3H3,(H,22,23). The fourth-order valence-corrected chi connectivity index (χ4v) is 3.17. The molecule has 0 spiro atoms. The fraction of sp³-hybridized carbons (Fsp3) is 0.412. The summed E-state index contributed by atoms with van der Waals surface area (Å²) in [4.78, 5) is 19.4. The molecule has 1 amide bonds. The average Bonchev–Trinajstić information content (AvgIpc) is 2.86. The van der Waals surface area contributed by atoms with Gasteiger partial charge in [0.25, 0.3) is 0 Å². The molecule has 122 valence electrons. The van der Waals surface area contributed by atoms with Crippen LogP contribution in [-0.4, -0.2) is 51.8 Å². The Kier molecular flexibility index (Phi) is 3.98. The van der Waals surface area contributed by atoms with Crippen molar-refractivity contribution in [2.45, 2.75) is 20.8 Å². The fourth-order valence-electron chi connectivity index (χ4n) is 3.17. The molecule has 3 heterocycles. The van der Waals surface area contributed by atoms with E-state index in [2.05, 4.69) is 41.5 Å². The molecule has 1 fully saturated rings. The lowest BCUT2D eigenvalue weighted by Gasteiger charge is -2.35. The van der Waals surface area contributed by atoms with Crippen molar-refractivity contribution in [1.29, 1.82) is 0 Å². The van der Waals surface area contributed by atoms with Crippen LogP contribution in [-0.2, 0) is 0 Å². The van der Waals surface area contributed by atoms with Crippen LogP contribution in [0.25, 0.3) is 5.82 Å². The van der Waals surface area contributed by atoms with Gasteiger partial charge < -0.3 is 19.5 Å². The summed E-state index contributed by atoms with van der Waals surface area (Å²) >= 11 is 0. The van der Waals surface area contributed by atoms with Crippen LogP contribution in [0.15, 0.2) is 24.3 Å². The Hall–Kier alpha value is -2.50. The maximum Gasteiger partial charge on any atom is 0.407 e. The number of carboxylic acid groups (broad SMARTS) is 1. The predicted octanol–water partition coefficient (Wildman–Crippen LogP) is 2.60. The van der Waals surface area contributed by atoms with Gasteiger partial charge in [0, 0.05) is 37.6 Å². The van der Waals surface area contributed by atoms with E-state index in [0.29, 0.717) is 26.2 Å². The Morgan fingerprint density at radius 2 is 1.61 bits per heavy atom. The second-order valence-electron chi connectivity index (χ2n) is 5.98. The first kappa shape index (κ1) is 15.4. The van der Waals surface area contributed by atoms with E-state index in [1.807, 2.05) is 13.0 Å². The van der Waals surface area contributed by atoms with Gasteiger partial charge in [0.15, 0.2) is 0 Å². The number of amides is 1. The maximum atomic E-state index is 11.0. The minimum absolute atomic E-state index is 0.534. The molecule has 6 heteroatoms. The van der Waals surface area contributed by atoms with Crippen molar-refractivity contribution in [2.24, 2.45) is 0 Å². The lowest BCUT2D eigenvalue weighted by molar-refractivity contribution is 0.142. The summed E-state index contributed by atoms with van der Waals surface area (Å²) in [7, 11) is 0. The first-order valence-electron chi connectivity index (χ1n) is 7.83. The van der Waals surface area contributed by atoms with E-state index in [9.17, 15) is 4.79 Å².